The number of rotatable bonds is 7. The molecular weight excluding hydrogens is 374 g/mol. The average Bonchev–Trinajstić information content (AvgIpc) is 3.39. The molecule has 0 spiro atoms. The van der Waals surface area contributed by atoms with Crippen molar-refractivity contribution in [1.29, 1.82) is 0 Å². The molecule has 0 bridgehead atoms. The molecule has 8 heteroatoms. The molecule has 148 valence electrons. The van der Waals surface area contributed by atoms with Gasteiger partial charge < -0.3 is 13.8 Å². The van der Waals surface area contributed by atoms with E-state index in [9.17, 15) is 0 Å². The zero-order valence-electron chi connectivity index (χ0n) is 16.3. The highest BCUT2D eigenvalue weighted by atomic mass is 32.2. The molecule has 7 nitrogen and oxygen atoms in total. The molecule has 0 radical (unpaired) electrons. The van der Waals surface area contributed by atoms with Gasteiger partial charge in [0, 0.05) is 18.0 Å². The van der Waals surface area contributed by atoms with Crippen molar-refractivity contribution in [3.05, 3.63) is 36.0 Å². The first kappa shape index (κ1) is 19.0. The van der Waals surface area contributed by atoms with E-state index >= 15 is 0 Å². The van der Waals surface area contributed by atoms with E-state index in [4.69, 9.17) is 9.26 Å². The van der Waals surface area contributed by atoms with Gasteiger partial charge in [-0.2, -0.15) is 4.98 Å². The molecule has 28 heavy (non-hydrogen) atoms. The van der Waals surface area contributed by atoms with Crippen LogP contribution in [0.25, 0.3) is 11.4 Å². The second-order valence-corrected chi connectivity index (χ2v) is 7.89. The Hall–Kier alpha value is -2.35. The quantitative estimate of drug-likeness (QED) is 0.533. The van der Waals surface area contributed by atoms with Gasteiger partial charge in [0.1, 0.15) is 11.6 Å². The van der Waals surface area contributed by atoms with Crippen molar-refractivity contribution < 1.29 is 9.26 Å². The molecule has 0 N–H and O–H groups in total. The third-order valence-corrected chi connectivity index (χ3v) is 6.12. The number of hydrogen-bond acceptors (Lipinski definition) is 7. The van der Waals surface area contributed by atoms with Crippen LogP contribution in [0.1, 0.15) is 56.7 Å². The molecule has 0 unspecified atom stereocenters. The Bertz CT molecular complexity index is 900. The summed E-state index contributed by atoms with van der Waals surface area (Å²) >= 11 is 1.60. The maximum absolute atomic E-state index is 5.42. The SMILES string of the molecule is CCn1c(SCc2nc(-c3ccc(OC)cc3)no2)nnc1C1CCCCC1. The lowest BCUT2D eigenvalue weighted by atomic mass is 9.89. The smallest absolute Gasteiger partial charge is 0.237 e. The predicted molar refractivity (Wildman–Crippen MR) is 107 cm³/mol. The summed E-state index contributed by atoms with van der Waals surface area (Å²) in [6.07, 6.45) is 6.36. The van der Waals surface area contributed by atoms with Gasteiger partial charge in [-0.3, -0.25) is 0 Å². The Kier molecular flexibility index (Phi) is 5.95. The lowest BCUT2D eigenvalue weighted by Gasteiger charge is -2.21. The van der Waals surface area contributed by atoms with Gasteiger partial charge in [0.05, 0.1) is 12.9 Å². The molecule has 0 atom stereocenters. The standard InChI is InChI=1S/C20H25N5O2S/c1-3-25-19(15-7-5-4-6-8-15)22-23-20(25)28-13-17-21-18(24-27-17)14-9-11-16(26-2)12-10-14/h9-12,15H,3-8,13H2,1-2H3. The summed E-state index contributed by atoms with van der Waals surface area (Å²) in [7, 11) is 1.65. The van der Waals surface area contributed by atoms with Gasteiger partial charge in [0.2, 0.25) is 11.7 Å². The maximum Gasteiger partial charge on any atom is 0.237 e. The van der Waals surface area contributed by atoms with Crippen LogP contribution in [0.3, 0.4) is 0 Å². The van der Waals surface area contributed by atoms with E-state index in [0.29, 0.717) is 23.4 Å². The van der Waals surface area contributed by atoms with E-state index < -0.39 is 0 Å². The molecule has 2 aromatic heterocycles. The van der Waals surface area contributed by atoms with Crippen LogP contribution < -0.4 is 4.74 Å². The third kappa shape index (κ3) is 4.06. The van der Waals surface area contributed by atoms with Gasteiger partial charge in [0.25, 0.3) is 0 Å². The fraction of sp³-hybridized carbons (Fsp3) is 0.500. The van der Waals surface area contributed by atoms with Crippen molar-refractivity contribution in [3.63, 3.8) is 0 Å². The summed E-state index contributed by atoms with van der Waals surface area (Å²) in [5.41, 5.74) is 0.900. The minimum absolute atomic E-state index is 0.542. The van der Waals surface area contributed by atoms with Gasteiger partial charge in [0.15, 0.2) is 5.16 Å². The highest BCUT2D eigenvalue weighted by Gasteiger charge is 2.23. The summed E-state index contributed by atoms with van der Waals surface area (Å²) < 4.78 is 12.8. The number of benzene rings is 1. The Morgan fingerprint density at radius 3 is 2.64 bits per heavy atom. The molecule has 3 aromatic rings. The van der Waals surface area contributed by atoms with Gasteiger partial charge in [-0.25, -0.2) is 0 Å². The summed E-state index contributed by atoms with van der Waals surface area (Å²) in [6.45, 7) is 3.02. The number of ether oxygens (including phenoxy) is 1. The molecule has 1 fully saturated rings. The van der Waals surface area contributed by atoms with Gasteiger partial charge >= 0.3 is 0 Å². The maximum atomic E-state index is 5.42. The molecule has 0 amide bonds. The number of thioether (sulfide) groups is 1. The van der Waals surface area contributed by atoms with E-state index in [2.05, 4.69) is 31.8 Å². The molecule has 1 saturated carbocycles. The molecule has 0 saturated heterocycles. The minimum atomic E-state index is 0.542. The van der Waals surface area contributed by atoms with Crippen molar-refractivity contribution in [2.75, 3.05) is 7.11 Å². The summed E-state index contributed by atoms with van der Waals surface area (Å²) in [5, 5.41) is 14.0. The second-order valence-electron chi connectivity index (χ2n) is 6.95. The van der Waals surface area contributed by atoms with Crippen LogP contribution >= 0.6 is 11.8 Å². The molecule has 2 heterocycles. The first-order chi connectivity index (χ1) is 13.8. The first-order valence-corrected chi connectivity index (χ1v) is 10.8. The first-order valence-electron chi connectivity index (χ1n) is 9.81. The molecular formula is C20H25N5O2S. The number of nitrogens with zero attached hydrogens (tertiary/aromatic N) is 5. The van der Waals surface area contributed by atoms with E-state index in [0.717, 1.165) is 28.8 Å². The fourth-order valence-electron chi connectivity index (χ4n) is 3.66. The van der Waals surface area contributed by atoms with E-state index in [-0.39, 0.29) is 0 Å². The zero-order valence-corrected chi connectivity index (χ0v) is 17.1. The lowest BCUT2D eigenvalue weighted by Crippen LogP contribution is -2.12. The molecule has 1 aliphatic carbocycles. The third-order valence-electron chi connectivity index (χ3n) is 5.17. The van der Waals surface area contributed by atoms with Crippen LogP contribution in [0.4, 0.5) is 0 Å². The fourth-order valence-corrected chi connectivity index (χ4v) is 4.51. The molecule has 1 aromatic carbocycles. The van der Waals surface area contributed by atoms with Crippen LogP contribution in [0.15, 0.2) is 33.9 Å². The number of methoxy groups -OCH3 is 1. The largest absolute Gasteiger partial charge is 0.497 e. The van der Waals surface area contributed by atoms with Crippen molar-refractivity contribution >= 4 is 11.8 Å². The highest BCUT2D eigenvalue weighted by Crippen LogP contribution is 2.33. The highest BCUT2D eigenvalue weighted by molar-refractivity contribution is 7.98. The van der Waals surface area contributed by atoms with Crippen molar-refractivity contribution in [3.8, 4) is 17.1 Å². The summed E-state index contributed by atoms with van der Waals surface area (Å²) in [4.78, 5) is 4.51. The Morgan fingerprint density at radius 2 is 1.93 bits per heavy atom. The summed E-state index contributed by atoms with van der Waals surface area (Å²) in [6, 6.07) is 7.61. The van der Waals surface area contributed by atoms with E-state index in [1.165, 1.54) is 32.1 Å². The van der Waals surface area contributed by atoms with Crippen LogP contribution in [0.5, 0.6) is 5.75 Å². The number of aromatic nitrogens is 5. The predicted octanol–water partition coefficient (Wildman–Crippen LogP) is 4.70. The minimum Gasteiger partial charge on any atom is -0.497 e. The van der Waals surface area contributed by atoms with Gasteiger partial charge in [-0.1, -0.05) is 36.2 Å². The number of hydrogen-bond donors (Lipinski definition) is 0. The van der Waals surface area contributed by atoms with Crippen LogP contribution in [0, 0.1) is 0 Å². The van der Waals surface area contributed by atoms with Crippen molar-refractivity contribution in [2.45, 2.75) is 62.4 Å². The van der Waals surface area contributed by atoms with Crippen LogP contribution in [-0.4, -0.2) is 32.0 Å². The Balaban J connectivity index is 1.43. The molecule has 4 rings (SSSR count). The molecule has 1 aliphatic rings. The van der Waals surface area contributed by atoms with E-state index in [1.807, 2.05) is 24.3 Å². The van der Waals surface area contributed by atoms with Gasteiger partial charge in [-0.05, 0) is 44.0 Å². The second kappa shape index (κ2) is 8.77. The average molecular weight is 400 g/mol. The Labute approximate surface area is 168 Å². The summed E-state index contributed by atoms with van der Waals surface area (Å²) in [5.74, 6) is 4.22. The molecule has 0 aliphatic heterocycles. The van der Waals surface area contributed by atoms with Crippen LogP contribution in [0.2, 0.25) is 0 Å². The normalized spacial score (nSPS) is 15.1. The van der Waals surface area contributed by atoms with Gasteiger partial charge in [-0.15, -0.1) is 10.2 Å². The van der Waals surface area contributed by atoms with Crippen molar-refractivity contribution in [1.82, 2.24) is 24.9 Å². The van der Waals surface area contributed by atoms with E-state index in [1.54, 1.807) is 18.9 Å². The Morgan fingerprint density at radius 1 is 1.14 bits per heavy atom. The van der Waals surface area contributed by atoms with Crippen molar-refractivity contribution in [2.24, 2.45) is 0 Å². The monoisotopic (exact) mass is 399 g/mol. The topological polar surface area (TPSA) is 78.9 Å². The van der Waals surface area contributed by atoms with Crippen LogP contribution in [-0.2, 0) is 12.3 Å². The lowest BCUT2D eigenvalue weighted by molar-refractivity contribution is 0.391. The zero-order chi connectivity index (χ0) is 19.3.